The van der Waals surface area contributed by atoms with Gasteiger partial charge in [-0.25, -0.2) is 0 Å². The molecule has 20 heavy (non-hydrogen) atoms. The molecule has 1 N–H and O–H groups in total. The molecule has 0 aliphatic rings. The van der Waals surface area contributed by atoms with Gasteiger partial charge in [0.2, 0.25) is 0 Å². The monoisotopic (exact) mass is 348 g/mol. The van der Waals surface area contributed by atoms with E-state index in [2.05, 4.69) is 17.2 Å². The first-order chi connectivity index (χ1) is 9.61. The molecule has 0 aliphatic heterocycles. The second-order valence-corrected chi connectivity index (χ2v) is 7.15. The second kappa shape index (κ2) is 7.62. The number of thiophene rings is 1. The van der Waals surface area contributed by atoms with Crippen LogP contribution in [0.1, 0.15) is 30.5 Å². The van der Waals surface area contributed by atoms with Gasteiger partial charge < -0.3 is 5.32 Å². The van der Waals surface area contributed by atoms with Gasteiger partial charge in [-0.3, -0.25) is 4.98 Å². The van der Waals surface area contributed by atoms with E-state index in [9.17, 15) is 0 Å². The highest BCUT2D eigenvalue weighted by atomic mass is 35.5. The first-order valence-electron chi connectivity index (χ1n) is 6.38. The molecule has 2 nitrogen and oxygen atoms in total. The van der Waals surface area contributed by atoms with Gasteiger partial charge >= 0.3 is 0 Å². The Morgan fingerprint density at radius 1 is 1.35 bits per heavy atom. The Balaban J connectivity index is 2.24. The molecule has 1 unspecified atom stereocenters. The molecule has 0 bridgehead atoms. The molecule has 6 heteroatoms. The van der Waals surface area contributed by atoms with Crippen LogP contribution >= 0.6 is 46.1 Å². The van der Waals surface area contributed by atoms with Crippen molar-refractivity contribution in [2.75, 3.05) is 6.54 Å². The molecule has 2 aromatic heterocycles. The lowest BCUT2D eigenvalue weighted by Crippen LogP contribution is -2.24. The molecular weight excluding hydrogens is 335 g/mol. The van der Waals surface area contributed by atoms with E-state index in [-0.39, 0.29) is 6.04 Å². The fourth-order valence-electron chi connectivity index (χ4n) is 1.99. The Kier molecular flexibility index (Phi) is 6.12. The minimum Gasteiger partial charge on any atom is -0.310 e. The Labute approximate surface area is 138 Å². The molecule has 2 heterocycles. The summed E-state index contributed by atoms with van der Waals surface area (Å²) in [6.45, 7) is 3.04. The highest BCUT2D eigenvalue weighted by molar-refractivity contribution is 7.20. The Morgan fingerprint density at radius 2 is 2.15 bits per heavy atom. The zero-order valence-electron chi connectivity index (χ0n) is 11.0. The first-order valence-corrected chi connectivity index (χ1v) is 8.33. The van der Waals surface area contributed by atoms with E-state index in [1.54, 1.807) is 12.4 Å². The van der Waals surface area contributed by atoms with Crippen LogP contribution in [-0.2, 0) is 6.42 Å². The van der Waals surface area contributed by atoms with Gasteiger partial charge in [0.05, 0.1) is 13.7 Å². The summed E-state index contributed by atoms with van der Waals surface area (Å²) in [7, 11) is 0. The number of hydrogen-bond acceptors (Lipinski definition) is 3. The molecular formula is C14H15Cl3N2S. The van der Waals surface area contributed by atoms with E-state index in [0.29, 0.717) is 9.36 Å². The molecule has 0 aromatic carbocycles. The van der Waals surface area contributed by atoms with Crippen LogP contribution < -0.4 is 5.32 Å². The zero-order chi connectivity index (χ0) is 14.5. The van der Waals surface area contributed by atoms with Crippen molar-refractivity contribution < 1.29 is 0 Å². The van der Waals surface area contributed by atoms with Crippen molar-refractivity contribution in [1.82, 2.24) is 10.3 Å². The average Bonchev–Trinajstić information content (AvgIpc) is 2.75. The van der Waals surface area contributed by atoms with Crippen molar-refractivity contribution >= 4 is 46.1 Å². The van der Waals surface area contributed by atoms with E-state index in [0.717, 1.165) is 34.8 Å². The van der Waals surface area contributed by atoms with Crippen LogP contribution in [0.5, 0.6) is 0 Å². The van der Waals surface area contributed by atoms with Crippen LogP contribution in [0.3, 0.4) is 0 Å². The quantitative estimate of drug-likeness (QED) is 0.756. The maximum Gasteiger partial charge on any atom is 0.0992 e. The Hall–Kier alpha value is -0.320. The van der Waals surface area contributed by atoms with Crippen molar-refractivity contribution in [3.05, 3.63) is 49.3 Å². The van der Waals surface area contributed by atoms with Crippen LogP contribution in [0.2, 0.25) is 13.7 Å². The normalized spacial score (nSPS) is 12.6. The number of nitrogens with one attached hydrogen (secondary N) is 1. The third kappa shape index (κ3) is 4.09. The Morgan fingerprint density at radius 3 is 2.75 bits per heavy atom. The van der Waals surface area contributed by atoms with Gasteiger partial charge in [0.25, 0.3) is 0 Å². The van der Waals surface area contributed by atoms with Crippen LogP contribution in [0.15, 0.2) is 24.5 Å². The first kappa shape index (κ1) is 16.1. The molecule has 2 rings (SSSR count). The molecule has 0 radical (unpaired) electrons. The lowest BCUT2D eigenvalue weighted by Gasteiger charge is -2.19. The van der Waals surface area contributed by atoms with Crippen molar-refractivity contribution in [3.63, 3.8) is 0 Å². The molecule has 108 valence electrons. The number of halogens is 3. The van der Waals surface area contributed by atoms with Gasteiger partial charge in [-0.1, -0.05) is 41.7 Å². The van der Waals surface area contributed by atoms with E-state index >= 15 is 0 Å². The SMILES string of the molecule is CCCNC(Cc1ccncc1Cl)c1cc(Cl)sc1Cl. The zero-order valence-corrected chi connectivity index (χ0v) is 14.1. The van der Waals surface area contributed by atoms with Gasteiger partial charge in [0, 0.05) is 24.0 Å². The summed E-state index contributed by atoms with van der Waals surface area (Å²) in [6.07, 6.45) is 5.22. The summed E-state index contributed by atoms with van der Waals surface area (Å²) < 4.78 is 1.43. The number of aromatic nitrogens is 1. The van der Waals surface area contributed by atoms with Gasteiger partial charge in [-0.2, -0.15) is 0 Å². The highest BCUT2D eigenvalue weighted by Crippen LogP contribution is 2.36. The maximum absolute atomic E-state index is 6.27. The number of rotatable bonds is 6. The molecule has 0 amide bonds. The minimum absolute atomic E-state index is 0.103. The fourth-order valence-corrected chi connectivity index (χ4v) is 3.77. The van der Waals surface area contributed by atoms with Crippen LogP contribution in [-0.4, -0.2) is 11.5 Å². The molecule has 0 saturated heterocycles. The molecule has 0 fully saturated rings. The maximum atomic E-state index is 6.27. The van der Waals surface area contributed by atoms with Crippen molar-refractivity contribution in [3.8, 4) is 0 Å². The van der Waals surface area contributed by atoms with Crippen molar-refractivity contribution in [2.45, 2.75) is 25.8 Å². The van der Waals surface area contributed by atoms with Crippen LogP contribution in [0.25, 0.3) is 0 Å². The second-order valence-electron chi connectivity index (χ2n) is 4.46. The van der Waals surface area contributed by atoms with Crippen molar-refractivity contribution in [1.29, 1.82) is 0 Å². The van der Waals surface area contributed by atoms with Gasteiger partial charge in [0.15, 0.2) is 0 Å². The molecule has 1 atom stereocenters. The lowest BCUT2D eigenvalue weighted by atomic mass is 10.0. The molecule has 2 aromatic rings. The third-order valence-corrected chi connectivity index (χ3v) is 4.84. The fraction of sp³-hybridized carbons (Fsp3) is 0.357. The third-order valence-electron chi connectivity index (χ3n) is 2.98. The number of hydrogen-bond donors (Lipinski definition) is 1. The number of nitrogens with zero attached hydrogens (tertiary/aromatic N) is 1. The molecule has 0 spiro atoms. The summed E-state index contributed by atoms with van der Waals surface area (Å²) >= 11 is 19.9. The standard InChI is InChI=1S/C14H15Cl3N2S/c1-2-4-19-12(10-7-13(16)20-14(10)17)6-9-3-5-18-8-11(9)15/h3,5,7-8,12,19H,2,4,6H2,1H3. The summed E-state index contributed by atoms with van der Waals surface area (Å²) in [5, 5.41) is 4.17. The van der Waals surface area contributed by atoms with Crippen LogP contribution in [0.4, 0.5) is 0 Å². The smallest absolute Gasteiger partial charge is 0.0992 e. The van der Waals surface area contributed by atoms with Gasteiger partial charge in [0.1, 0.15) is 0 Å². The predicted octanol–water partition coefficient (Wildman–Crippen LogP) is 5.39. The van der Waals surface area contributed by atoms with Gasteiger partial charge in [-0.05, 0) is 37.1 Å². The van der Waals surface area contributed by atoms with Crippen LogP contribution in [0, 0.1) is 0 Å². The van der Waals surface area contributed by atoms with Crippen molar-refractivity contribution in [2.24, 2.45) is 0 Å². The summed E-state index contributed by atoms with van der Waals surface area (Å²) in [5.41, 5.74) is 2.08. The van der Waals surface area contributed by atoms with E-state index < -0.39 is 0 Å². The van der Waals surface area contributed by atoms with E-state index in [4.69, 9.17) is 34.8 Å². The average molecular weight is 350 g/mol. The molecule has 0 aliphatic carbocycles. The minimum atomic E-state index is 0.103. The lowest BCUT2D eigenvalue weighted by molar-refractivity contribution is 0.530. The van der Waals surface area contributed by atoms with E-state index in [1.165, 1.54) is 11.3 Å². The Bertz CT molecular complexity index is 571. The number of pyridine rings is 1. The van der Waals surface area contributed by atoms with E-state index in [1.807, 2.05) is 12.1 Å². The topological polar surface area (TPSA) is 24.9 Å². The summed E-state index contributed by atoms with van der Waals surface area (Å²) in [4.78, 5) is 4.01. The molecule has 0 saturated carbocycles. The summed E-state index contributed by atoms with van der Waals surface area (Å²) in [6, 6.07) is 3.97. The highest BCUT2D eigenvalue weighted by Gasteiger charge is 2.18. The van der Waals surface area contributed by atoms with Gasteiger partial charge in [-0.15, -0.1) is 11.3 Å². The largest absolute Gasteiger partial charge is 0.310 e. The summed E-state index contributed by atoms with van der Waals surface area (Å²) in [5.74, 6) is 0. The predicted molar refractivity (Wildman–Crippen MR) is 88.3 cm³/mol.